The summed E-state index contributed by atoms with van der Waals surface area (Å²) in [4.78, 5) is 2.36. The Kier molecular flexibility index (Phi) is 7.12. The molecule has 0 aliphatic rings. The van der Waals surface area contributed by atoms with Gasteiger partial charge in [0, 0.05) is 18.7 Å². The standard InChI is InChI=1S/C15H26N2O4S/c1-6-17(7-2)12(3)11-16-22(18,19)13-8-9-14(20-4)15(10-13)21-5/h8-10,12,16H,6-7,11H2,1-5H3. The highest BCUT2D eigenvalue weighted by Gasteiger charge is 2.19. The molecule has 1 aromatic rings. The first kappa shape index (κ1) is 18.7. The van der Waals surface area contributed by atoms with Gasteiger partial charge in [0.1, 0.15) is 0 Å². The third kappa shape index (κ3) is 4.59. The topological polar surface area (TPSA) is 67.9 Å². The zero-order chi connectivity index (χ0) is 16.8. The number of nitrogens with zero attached hydrogens (tertiary/aromatic N) is 1. The van der Waals surface area contributed by atoms with Gasteiger partial charge in [0.2, 0.25) is 10.0 Å². The Labute approximate surface area is 133 Å². The van der Waals surface area contributed by atoms with Crippen molar-refractivity contribution in [2.75, 3.05) is 33.9 Å². The Morgan fingerprint density at radius 3 is 2.23 bits per heavy atom. The van der Waals surface area contributed by atoms with E-state index in [4.69, 9.17) is 9.47 Å². The molecule has 126 valence electrons. The predicted molar refractivity (Wildman–Crippen MR) is 87.1 cm³/mol. The molecule has 0 bridgehead atoms. The molecule has 0 amide bonds. The van der Waals surface area contributed by atoms with Crippen molar-refractivity contribution < 1.29 is 17.9 Å². The molecule has 0 aromatic heterocycles. The van der Waals surface area contributed by atoms with Crippen molar-refractivity contribution in [1.82, 2.24) is 9.62 Å². The third-order valence-corrected chi connectivity index (χ3v) is 5.09. The van der Waals surface area contributed by atoms with Gasteiger partial charge in [0.05, 0.1) is 19.1 Å². The molecule has 1 unspecified atom stereocenters. The van der Waals surface area contributed by atoms with Crippen molar-refractivity contribution in [1.29, 1.82) is 0 Å². The minimum atomic E-state index is -3.58. The minimum absolute atomic E-state index is 0.130. The number of ether oxygens (including phenoxy) is 2. The number of hydrogen-bond acceptors (Lipinski definition) is 5. The summed E-state index contributed by atoms with van der Waals surface area (Å²) in [5.74, 6) is 0.889. The Morgan fingerprint density at radius 2 is 1.73 bits per heavy atom. The van der Waals surface area contributed by atoms with E-state index in [1.165, 1.54) is 26.4 Å². The van der Waals surface area contributed by atoms with E-state index in [-0.39, 0.29) is 10.9 Å². The van der Waals surface area contributed by atoms with Gasteiger partial charge in [0.15, 0.2) is 11.5 Å². The van der Waals surface area contributed by atoms with Crippen LogP contribution in [0.25, 0.3) is 0 Å². The molecular formula is C15H26N2O4S. The van der Waals surface area contributed by atoms with Crippen molar-refractivity contribution in [3.05, 3.63) is 18.2 Å². The Morgan fingerprint density at radius 1 is 1.14 bits per heavy atom. The van der Waals surface area contributed by atoms with Crippen molar-refractivity contribution in [3.63, 3.8) is 0 Å². The Hall–Kier alpha value is -1.31. The number of likely N-dealkylation sites (N-methyl/N-ethyl adjacent to an activating group) is 1. The van der Waals surface area contributed by atoms with E-state index in [0.717, 1.165) is 13.1 Å². The number of benzene rings is 1. The summed E-state index contributed by atoms with van der Waals surface area (Å²) in [5, 5.41) is 0. The largest absolute Gasteiger partial charge is 0.493 e. The van der Waals surface area contributed by atoms with Gasteiger partial charge in [0.25, 0.3) is 0 Å². The molecule has 6 nitrogen and oxygen atoms in total. The molecule has 1 N–H and O–H groups in total. The van der Waals surface area contributed by atoms with Crippen molar-refractivity contribution in [2.24, 2.45) is 0 Å². The highest BCUT2D eigenvalue weighted by atomic mass is 32.2. The summed E-state index contributed by atoms with van der Waals surface area (Å²) >= 11 is 0. The second-order valence-electron chi connectivity index (χ2n) is 4.94. The molecule has 1 rings (SSSR count). The average Bonchev–Trinajstić information content (AvgIpc) is 2.53. The highest BCUT2D eigenvalue weighted by molar-refractivity contribution is 7.89. The van der Waals surface area contributed by atoms with E-state index < -0.39 is 10.0 Å². The van der Waals surface area contributed by atoms with Gasteiger partial charge in [-0.1, -0.05) is 13.8 Å². The number of rotatable bonds is 9. The fraction of sp³-hybridized carbons (Fsp3) is 0.600. The summed E-state index contributed by atoms with van der Waals surface area (Å²) in [7, 11) is -0.589. The molecule has 0 saturated carbocycles. The molecule has 1 atom stereocenters. The molecule has 7 heteroatoms. The van der Waals surface area contributed by atoms with E-state index in [1.807, 2.05) is 6.92 Å². The maximum atomic E-state index is 12.4. The molecule has 1 aromatic carbocycles. The highest BCUT2D eigenvalue weighted by Crippen LogP contribution is 2.29. The van der Waals surface area contributed by atoms with Crippen molar-refractivity contribution in [2.45, 2.75) is 31.7 Å². The number of hydrogen-bond donors (Lipinski definition) is 1. The van der Waals surface area contributed by atoms with Crippen LogP contribution in [0, 0.1) is 0 Å². The van der Waals surface area contributed by atoms with E-state index in [0.29, 0.717) is 18.0 Å². The lowest BCUT2D eigenvalue weighted by atomic mass is 10.3. The van der Waals surface area contributed by atoms with Crippen LogP contribution in [0.3, 0.4) is 0 Å². The summed E-state index contributed by atoms with van der Waals surface area (Å²) in [6.07, 6.45) is 0. The fourth-order valence-electron chi connectivity index (χ4n) is 2.27. The van der Waals surface area contributed by atoms with Crippen LogP contribution in [0.1, 0.15) is 20.8 Å². The lowest BCUT2D eigenvalue weighted by Gasteiger charge is -2.26. The average molecular weight is 330 g/mol. The van der Waals surface area contributed by atoms with Gasteiger partial charge >= 0.3 is 0 Å². The number of sulfonamides is 1. The maximum absolute atomic E-state index is 12.4. The third-order valence-electron chi connectivity index (χ3n) is 3.67. The zero-order valence-corrected chi connectivity index (χ0v) is 14.7. The van der Waals surface area contributed by atoms with Gasteiger partial charge in [-0.15, -0.1) is 0 Å². The smallest absolute Gasteiger partial charge is 0.240 e. The first-order chi connectivity index (χ1) is 10.4. The quantitative estimate of drug-likeness (QED) is 0.746. The van der Waals surface area contributed by atoms with Crippen LogP contribution in [0.15, 0.2) is 23.1 Å². The number of nitrogens with one attached hydrogen (secondary N) is 1. The Bertz CT molecular complexity index is 571. The molecule has 0 spiro atoms. The van der Waals surface area contributed by atoms with E-state index in [1.54, 1.807) is 6.07 Å². The first-order valence-electron chi connectivity index (χ1n) is 7.35. The molecular weight excluding hydrogens is 304 g/mol. The lowest BCUT2D eigenvalue weighted by Crippen LogP contribution is -2.41. The second-order valence-corrected chi connectivity index (χ2v) is 6.71. The molecule has 0 aliphatic heterocycles. The van der Waals surface area contributed by atoms with E-state index in [9.17, 15) is 8.42 Å². The lowest BCUT2D eigenvalue weighted by molar-refractivity contribution is 0.232. The van der Waals surface area contributed by atoms with Gasteiger partial charge in [-0.25, -0.2) is 13.1 Å². The van der Waals surface area contributed by atoms with Crippen LogP contribution in [-0.2, 0) is 10.0 Å². The Balaban J connectivity index is 2.86. The van der Waals surface area contributed by atoms with Gasteiger partial charge in [-0.3, -0.25) is 4.90 Å². The summed E-state index contributed by atoms with van der Waals surface area (Å²) in [6, 6.07) is 4.68. The van der Waals surface area contributed by atoms with Crippen molar-refractivity contribution in [3.8, 4) is 11.5 Å². The van der Waals surface area contributed by atoms with Crippen LogP contribution in [-0.4, -0.2) is 53.2 Å². The maximum Gasteiger partial charge on any atom is 0.240 e. The molecule has 0 radical (unpaired) electrons. The van der Waals surface area contributed by atoms with E-state index >= 15 is 0 Å². The van der Waals surface area contributed by atoms with Crippen molar-refractivity contribution >= 4 is 10.0 Å². The van der Waals surface area contributed by atoms with Crippen LogP contribution in [0.5, 0.6) is 11.5 Å². The summed E-state index contributed by atoms with van der Waals surface area (Å²) < 4.78 is 37.7. The summed E-state index contributed by atoms with van der Waals surface area (Å²) in [6.45, 7) is 8.25. The van der Waals surface area contributed by atoms with E-state index in [2.05, 4.69) is 23.5 Å². The monoisotopic (exact) mass is 330 g/mol. The van der Waals surface area contributed by atoms with Crippen LogP contribution in [0.4, 0.5) is 0 Å². The number of methoxy groups -OCH3 is 2. The molecule has 0 saturated heterocycles. The summed E-state index contributed by atoms with van der Waals surface area (Å²) in [5.41, 5.74) is 0. The SMILES string of the molecule is CCN(CC)C(C)CNS(=O)(=O)c1ccc(OC)c(OC)c1. The normalized spacial score (nSPS) is 13.2. The van der Waals surface area contributed by atoms with Gasteiger partial charge < -0.3 is 9.47 Å². The van der Waals surface area contributed by atoms with Crippen LogP contribution >= 0.6 is 0 Å². The fourth-order valence-corrected chi connectivity index (χ4v) is 3.41. The minimum Gasteiger partial charge on any atom is -0.493 e. The molecule has 0 aliphatic carbocycles. The second kappa shape index (κ2) is 8.36. The molecule has 0 fully saturated rings. The predicted octanol–water partition coefficient (Wildman–Crippen LogP) is 1.71. The van der Waals surface area contributed by atoms with Gasteiger partial charge in [-0.2, -0.15) is 0 Å². The molecule has 0 heterocycles. The zero-order valence-electron chi connectivity index (χ0n) is 13.9. The molecule has 22 heavy (non-hydrogen) atoms. The first-order valence-corrected chi connectivity index (χ1v) is 8.83. The van der Waals surface area contributed by atoms with Crippen LogP contribution in [0.2, 0.25) is 0 Å². The van der Waals surface area contributed by atoms with Gasteiger partial charge in [-0.05, 0) is 32.1 Å². The van der Waals surface area contributed by atoms with Crippen LogP contribution < -0.4 is 14.2 Å².